The first-order valence-electron chi connectivity index (χ1n) is 11.0. The minimum absolute atomic E-state index is 0.130. The molecule has 1 N–H and O–H groups in total. The van der Waals surface area contributed by atoms with Gasteiger partial charge in [-0.05, 0) is 35.7 Å². The van der Waals surface area contributed by atoms with Crippen LogP contribution in [0.3, 0.4) is 0 Å². The standard InChI is InChI=1S/C24H34ClN3O3/c1-17(2)15-28(24(29)18(3)13-26-14-20-7-5-8-27(20)4)16-19-11-21(25)23-22(12-19)30-9-6-10-31-23/h5,7-8,11-12,17-18,26H,6,9-10,13-16H2,1-4H3. The number of benzene rings is 1. The van der Waals surface area contributed by atoms with Gasteiger partial charge >= 0.3 is 0 Å². The Morgan fingerprint density at radius 1 is 1.26 bits per heavy atom. The van der Waals surface area contributed by atoms with E-state index in [4.69, 9.17) is 21.1 Å². The number of amides is 1. The second-order valence-corrected chi connectivity index (χ2v) is 9.12. The van der Waals surface area contributed by atoms with E-state index in [0.29, 0.717) is 55.3 Å². The molecule has 31 heavy (non-hydrogen) atoms. The van der Waals surface area contributed by atoms with Crippen LogP contribution in [0.1, 0.15) is 38.4 Å². The van der Waals surface area contributed by atoms with Gasteiger partial charge in [-0.25, -0.2) is 0 Å². The van der Waals surface area contributed by atoms with Gasteiger partial charge in [0.15, 0.2) is 11.5 Å². The van der Waals surface area contributed by atoms with Crippen LogP contribution >= 0.6 is 11.6 Å². The number of halogens is 1. The average Bonchev–Trinajstić information content (AvgIpc) is 2.97. The number of nitrogens with one attached hydrogen (secondary N) is 1. The van der Waals surface area contributed by atoms with Crippen LogP contribution in [0.25, 0.3) is 0 Å². The highest BCUT2D eigenvalue weighted by Crippen LogP contribution is 2.38. The number of hydrogen-bond donors (Lipinski definition) is 1. The molecular formula is C24H34ClN3O3. The van der Waals surface area contributed by atoms with Gasteiger partial charge in [-0.15, -0.1) is 0 Å². The normalized spacial score (nSPS) is 14.4. The first kappa shape index (κ1) is 23.5. The van der Waals surface area contributed by atoms with Gasteiger partial charge in [0.25, 0.3) is 0 Å². The molecule has 1 aliphatic rings. The van der Waals surface area contributed by atoms with Crippen molar-refractivity contribution in [3.8, 4) is 11.5 Å². The lowest BCUT2D eigenvalue weighted by molar-refractivity contribution is -0.136. The SMILES string of the molecule is CC(C)CN(Cc1cc(Cl)c2c(c1)OCCCO2)C(=O)C(C)CNCc1cccn1C. The zero-order valence-electron chi connectivity index (χ0n) is 19.0. The van der Waals surface area contributed by atoms with Crippen LogP contribution in [0, 0.1) is 11.8 Å². The Morgan fingerprint density at radius 3 is 2.74 bits per heavy atom. The van der Waals surface area contributed by atoms with E-state index in [1.54, 1.807) is 0 Å². The molecule has 2 heterocycles. The zero-order valence-corrected chi connectivity index (χ0v) is 19.7. The van der Waals surface area contributed by atoms with Crippen molar-refractivity contribution in [1.29, 1.82) is 0 Å². The summed E-state index contributed by atoms with van der Waals surface area (Å²) in [5, 5.41) is 3.94. The van der Waals surface area contributed by atoms with Crippen LogP contribution in [0.4, 0.5) is 0 Å². The molecule has 7 heteroatoms. The van der Waals surface area contributed by atoms with Gasteiger partial charge in [0.1, 0.15) is 0 Å². The maximum atomic E-state index is 13.3. The fourth-order valence-corrected chi connectivity index (χ4v) is 4.05. The van der Waals surface area contributed by atoms with Gasteiger partial charge in [-0.1, -0.05) is 32.4 Å². The van der Waals surface area contributed by atoms with Gasteiger partial charge in [0.2, 0.25) is 5.91 Å². The maximum Gasteiger partial charge on any atom is 0.226 e. The molecule has 1 aliphatic heterocycles. The second kappa shape index (κ2) is 10.9. The molecule has 0 saturated carbocycles. The summed E-state index contributed by atoms with van der Waals surface area (Å²) in [6.07, 6.45) is 2.85. The lowest BCUT2D eigenvalue weighted by Crippen LogP contribution is -2.40. The highest BCUT2D eigenvalue weighted by atomic mass is 35.5. The Labute approximate surface area is 190 Å². The summed E-state index contributed by atoms with van der Waals surface area (Å²) in [4.78, 5) is 15.2. The second-order valence-electron chi connectivity index (χ2n) is 8.71. The van der Waals surface area contributed by atoms with E-state index in [1.807, 2.05) is 43.3 Å². The fourth-order valence-electron chi connectivity index (χ4n) is 3.76. The monoisotopic (exact) mass is 447 g/mol. The number of carbonyl (C=O) groups excluding carboxylic acids is 1. The Kier molecular flexibility index (Phi) is 8.27. The first-order chi connectivity index (χ1) is 14.8. The quantitative estimate of drug-likeness (QED) is 0.624. The average molecular weight is 448 g/mol. The Morgan fingerprint density at radius 2 is 2.03 bits per heavy atom. The van der Waals surface area contributed by atoms with Crippen LogP contribution < -0.4 is 14.8 Å². The number of aryl methyl sites for hydroxylation is 1. The summed E-state index contributed by atoms with van der Waals surface area (Å²) in [6.45, 7) is 9.97. The molecule has 0 saturated heterocycles. The first-order valence-corrected chi connectivity index (χ1v) is 11.4. The number of rotatable bonds is 9. The molecule has 1 aromatic carbocycles. The number of hydrogen-bond acceptors (Lipinski definition) is 4. The van der Waals surface area contributed by atoms with E-state index in [0.717, 1.165) is 18.5 Å². The topological polar surface area (TPSA) is 55.7 Å². The van der Waals surface area contributed by atoms with Gasteiger partial charge in [0, 0.05) is 57.5 Å². The van der Waals surface area contributed by atoms with Crippen LogP contribution in [-0.4, -0.2) is 41.7 Å². The van der Waals surface area contributed by atoms with E-state index in [9.17, 15) is 4.79 Å². The lowest BCUT2D eigenvalue weighted by Gasteiger charge is -2.28. The van der Waals surface area contributed by atoms with E-state index >= 15 is 0 Å². The third kappa shape index (κ3) is 6.40. The third-order valence-electron chi connectivity index (χ3n) is 5.36. The summed E-state index contributed by atoms with van der Waals surface area (Å²) in [6, 6.07) is 7.94. The molecule has 1 atom stereocenters. The summed E-state index contributed by atoms with van der Waals surface area (Å²) < 4.78 is 13.6. The van der Waals surface area contributed by atoms with Crippen molar-refractivity contribution in [1.82, 2.24) is 14.8 Å². The van der Waals surface area contributed by atoms with Gasteiger partial charge in [0.05, 0.1) is 18.2 Å². The Bertz CT molecular complexity index is 881. The molecule has 2 aromatic rings. The Hall–Kier alpha value is -2.18. The van der Waals surface area contributed by atoms with Crippen molar-refractivity contribution >= 4 is 17.5 Å². The van der Waals surface area contributed by atoms with E-state index in [2.05, 4.69) is 29.8 Å². The minimum Gasteiger partial charge on any atom is -0.489 e. The largest absolute Gasteiger partial charge is 0.489 e. The molecule has 1 aromatic heterocycles. The van der Waals surface area contributed by atoms with Crippen LogP contribution in [-0.2, 0) is 24.9 Å². The molecule has 1 amide bonds. The van der Waals surface area contributed by atoms with Crippen LogP contribution in [0.15, 0.2) is 30.5 Å². The number of ether oxygens (including phenoxy) is 2. The van der Waals surface area contributed by atoms with Crippen molar-refractivity contribution in [2.75, 3.05) is 26.3 Å². The molecule has 1 unspecified atom stereocenters. The van der Waals surface area contributed by atoms with Crippen LogP contribution in [0.5, 0.6) is 11.5 Å². The highest BCUT2D eigenvalue weighted by molar-refractivity contribution is 6.32. The summed E-state index contributed by atoms with van der Waals surface area (Å²) in [7, 11) is 2.02. The Balaban J connectivity index is 1.66. The lowest BCUT2D eigenvalue weighted by atomic mass is 10.1. The third-order valence-corrected chi connectivity index (χ3v) is 5.64. The summed E-state index contributed by atoms with van der Waals surface area (Å²) in [5.41, 5.74) is 2.15. The minimum atomic E-state index is -0.130. The van der Waals surface area contributed by atoms with E-state index in [1.165, 1.54) is 5.69 Å². The van der Waals surface area contributed by atoms with Crippen molar-refractivity contribution in [2.24, 2.45) is 18.9 Å². The number of nitrogens with zero attached hydrogens (tertiary/aromatic N) is 2. The molecule has 0 radical (unpaired) electrons. The molecule has 0 spiro atoms. The van der Waals surface area contributed by atoms with Crippen molar-refractivity contribution in [3.05, 3.63) is 46.7 Å². The number of aromatic nitrogens is 1. The molecule has 0 bridgehead atoms. The molecule has 6 nitrogen and oxygen atoms in total. The zero-order chi connectivity index (χ0) is 22.4. The predicted octanol–water partition coefficient (Wildman–Crippen LogP) is 4.25. The molecule has 0 aliphatic carbocycles. The van der Waals surface area contributed by atoms with Crippen molar-refractivity contribution in [2.45, 2.75) is 40.3 Å². The molecule has 3 rings (SSSR count). The predicted molar refractivity (Wildman–Crippen MR) is 124 cm³/mol. The summed E-state index contributed by atoms with van der Waals surface area (Å²) >= 11 is 6.46. The smallest absolute Gasteiger partial charge is 0.226 e. The summed E-state index contributed by atoms with van der Waals surface area (Å²) in [5.74, 6) is 1.63. The maximum absolute atomic E-state index is 13.3. The van der Waals surface area contributed by atoms with Gasteiger partial charge < -0.3 is 24.3 Å². The molecular weight excluding hydrogens is 414 g/mol. The number of fused-ring (bicyclic) bond motifs is 1. The number of carbonyl (C=O) groups is 1. The molecule has 170 valence electrons. The van der Waals surface area contributed by atoms with Crippen molar-refractivity contribution in [3.63, 3.8) is 0 Å². The van der Waals surface area contributed by atoms with E-state index in [-0.39, 0.29) is 11.8 Å². The van der Waals surface area contributed by atoms with Crippen molar-refractivity contribution < 1.29 is 14.3 Å². The van der Waals surface area contributed by atoms with Gasteiger partial charge in [-0.3, -0.25) is 4.79 Å². The molecule has 0 fully saturated rings. The highest BCUT2D eigenvalue weighted by Gasteiger charge is 2.23. The van der Waals surface area contributed by atoms with Gasteiger partial charge in [-0.2, -0.15) is 0 Å². The van der Waals surface area contributed by atoms with Crippen LogP contribution in [0.2, 0.25) is 5.02 Å². The fraction of sp³-hybridized carbons (Fsp3) is 0.542. The van der Waals surface area contributed by atoms with E-state index < -0.39 is 0 Å².